The van der Waals surface area contributed by atoms with Gasteiger partial charge in [0.25, 0.3) is 6.08 Å². The number of alkyl halides is 3. The van der Waals surface area contributed by atoms with Crippen LogP contribution in [0.3, 0.4) is 0 Å². The van der Waals surface area contributed by atoms with E-state index in [-0.39, 0.29) is 11.8 Å². The lowest BCUT2D eigenvalue weighted by Gasteiger charge is -2.54. The van der Waals surface area contributed by atoms with Crippen molar-refractivity contribution in [3.05, 3.63) is 11.7 Å². The first-order valence-corrected chi connectivity index (χ1v) is 6.48. The topological polar surface area (TPSA) is 0 Å². The smallest absolute Gasteiger partial charge is 0.173 e. The van der Waals surface area contributed by atoms with Crippen LogP contribution in [-0.2, 0) is 0 Å². The van der Waals surface area contributed by atoms with Gasteiger partial charge in [0.15, 0.2) is 0 Å². The Hall–Kier alpha value is -0.610. The van der Waals surface area contributed by atoms with E-state index in [0.29, 0.717) is 37.5 Å². The quantitative estimate of drug-likeness (QED) is 0.600. The predicted molar refractivity (Wildman–Crippen MR) is 55.8 cm³/mol. The fraction of sp³-hybridized carbons (Fsp3) is 0.846. The summed E-state index contributed by atoms with van der Waals surface area (Å²) in [5.74, 6) is -0.302. The maximum absolute atomic E-state index is 12.8. The van der Waals surface area contributed by atoms with Crippen LogP contribution in [0.2, 0.25) is 0 Å². The lowest BCUT2D eigenvalue weighted by Crippen LogP contribution is -2.47. The number of rotatable bonds is 1. The van der Waals surface area contributed by atoms with Crippen LogP contribution in [-0.4, -0.2) is 6.18 Å². The molecule has 0 amide bonds. The van der Waals surface area contributed by atoms with Gasteiger partial charge in [-0.3, -0.25) is 0 Å². The van der Waals surface area contributed by atoms with Gasteiger partial charge in [-0.2, -0.15) is 22.0 Å². The Balaban J connectivity index is 1.95. The zero-order chi connectivity index (χ0) is 13.1. The molecule has 0 atom stereocenters. The van der Waals surface area contributed by atoms with E-state index in [4.69, 9.17) is 0 Å². The molecular weight excluding hydrogens is 251 g/mol. The van der Waals surface area contributed by atoms with E-state index in [1.165, 1.54) is 0 Å². The van der Waals surface area contributed by atoms with Crippen molar-refractivity contribution >= 4 is 0 Å². The van der Waals surface area contributed by atoms with E-state index < -0.39 is 23.7 Å². The lowest BCUT2D eigenvalue weighted by molar-refractivity contribution is -0.125. The molecule has 0 saturated heterocycles. The third-order valence-corrected chi connectivity index (χ3v) is 5.07. The maximum Gasteiger partial charge on any atom is 0.418 e. The molecule has 0 unspecified atom stereocenters. The summed E-state index contributed by atoms with van der Waals surface area (Å²) in [5, 5.41) is 0. The molecule has 4 aliphatic rings. The van der Waals surface area contributed by atoms with E-state index in [1.807, 2.05) is 0 Å². The van der Waals surface area contributed by atoms with Crippen molar-refractivity contribution in [3.63, 3.8) is 0 Å². The van der Waals surface area contributed by atoms with Crippen LogP contribution >= 0.6 is 0 Å². The van der Waals surface area contributed by atoms with Crippen LogP contribution in [0.4, 0.5) is 22.0 Å². The Labute approximate surface area is 102 Å². The summed E-state index contributed by atoms with van der Waals surface area (Å²) >= 11 is 0. The predicted octanol–water partition coefficient (Wildman–Crippen LogP) is 4.77. The molecule has 4 rings (SSSR count). The van der Waals surface area contributed by atoms with Gasteiger partial charge in [-0.25, -0.2) is 0 Å². The van der Waals surface area contributed by atoms with Crippen molar-refractivity contribution in [1.29, 1.82) is 0 Å². The minimum atomic E-state index is -4.88. The van der Waals surface area contributed by atoms with Crippen LogP contribution in [0.1, 0.15) is 32.1 Å². The van der Waals surface area contributed by atoms with Crippen LogP contribution in [0.25, 0.3) is 0 Å². The van der Waals surface area contributed by atoms with E-state index in [9.17, 15) is 22.0 Å². The molecule has 4 fully saturated rings. The minimum absolute atomic E-state index is 0.167. The van der Waals surface area contributed by atoms with Gasteiger partial charge < -0.3 is 0 Å². The number of hydrogen-bond donors (Lipinski definition) is 0. The average molecular weight is 266 g/mol. The van der Waals surface area contributed by atoms with Crippen molar-refractivity contribution in [2.75, 3.05) is 0 Å². The first-order chi connectivity index (χ1) is 8.36. The number of hydrogen-bond acceptors (Lipinski definition) is 0. The monoisotopic (exact) mass is 266 g/mol. The SMILES string of the molecule is FC(F)=C(C1C2CC3CC(C2)CC1C3)C(F)(F)F. The summed E-state index contributed by atoms with van der Waals surface area (Å²) in [5.41, 5.74) is -1.52. The Bertz CT molecular complexity index is 349. The zero-order valence-corrected chi connectivity index (χ0v) is 9.81. The largest absolute Gasteiger partial charge is 0.418 e. The molecule has 18 heavy (non-hydrogen) atoms. The molecule has 0 nitrogen and oxygen atoms in total. The maximum atomic E-state index is 12.8. The lowest BCUT2D eigenvalue weighted by atomic mass is 9.50. The van der Waals surface area contributed by atoms with Gasteiger partial charge in [0.2, 0.25) is 0 Å². The Morgan fingerprint density at radius 3 is 1.56 bits per heavy atom. The molecule has 4 saturated carbocycles. The summed E-state index contributed by atoms with van der Waals surface area (Å²) in [6.45, 7) is 0. The summed E-state index contributed by atoms with van der Waals surface area (Å²) < 4.78 is 64.0. The third-order valence-electron chi connectivity index (χ3n) is 5.07. The summed E-state index contributed by atoms with van der Waals surface area (Å²) in [7, 11) is 0. The van der Waals surface area contributed by atoms with Gasteiger partial charge >= 0.3 is 6.18 Å². The highest BCUT2D eigenvalue weighted by Crippen LogP contribution is 2.60. The highest BCUT2D eigenvalue weighted by molar-refractivity contribution is 5.20. The Kier molecular flexibility index (Phi) is 2.72. The summed E-state index contributed by atoms with van der Waals surface area (Å²) in [4.78, 5) is 0. The molecule has 0 radical (unpaired) electrons. The van der Waals surface area contributed by atoms with Crippen molar-refractivity contribution in [2.45, 2.75) is 38.3 Å². The van der Waals surface area contributed by atoms with Crippen molar-refractivity contribution < 1.29 is 22.0 Å². The second-order valence-corrected chi connectivity index (χ2v) is 6.13. The minimum Gasteiger partial charge on any atom is -0.173 e. The van der Waals surface area contributed by atoms with Gasteiger partial charge in [0.1, 0.15) is 5.57 Å². The molecule has 0 spiro atoms. The highest BCUT2D eigenvalue weighted by atomic mass is 19.4. The van der Waals surface area contributed by atoms with Gasteiger partial charge in [-0.05, 0) is 61.7 Å². The Morgan fingerprint density at radius 1 is 0.778 bits per heavy atom. The summed E-state index contributed by atoms with van der Waals surface area (Å²) in [6, 6.07) is 0. The van der Waals surface area contributed by atoms with E-state index >= 15 is 0 Å². The third kappa shape index (κ3) is 1.86. The molecule has 5 heteroatoms. The number of halogens is 5. The number of allylic oxidation sites excluding steroid dienone is 1. The molecule has 102 valence electrons. The average Bonchev–Trinajstić information content (AvgIpc) is 2.19. The summed E-state index contributed by atoms with van der Waals surface area (Å²) in [6.07, 6.45) is -3.44. The molecule has 4 aliphatic carbocycles. The van der Waals surface area contributed by atoms with Gasteiger partial charge in [-0.1, -0.05) is 0 Å². The van der Waals surface area contributed by atoms with Crippen molar-refractivity contribution in [3.8, 4) is 0 Å². The molecule has 0 aliphatic heterocycles. The van der Waals surface area contributed by atoms with Crippen LogP contribution in [0.15, 0.2) is 11.7 Å². The molecule has 0 aromatic heterocycles. The normalized spacial score (nSPS) is 42.2. The second-order valence-electron chi connectivity index (χ2n) is 6.13. The first-order valence-electron chi connectivity index (χ1n) is 6.48. The fourth-order valence-electron chi connectivity index (χ4n) is 4.82. The van der Waals surface area contributed by atoms with Crippen molar-refractivity contribution in [1.82, 2.24) is 0 Å². The van der Waals surface area contributed by atoms with Crippen LogP contribution < -0.4 is 0 Å². The molecule has 0 heterocycles. The van der Waals surface area contributed by atoms with Crippen LogP contribution in [0, 0.1) is 29.6 Å². The Morgan fingerprint density at radius 2 is 1.22 bits per heavy atom. The van der Waals surface area contributed by atoms with E-state index in [1.54, 1.807) is 0 Å². The van der Waals surface area contributed by atoms with E-state index in [2.05, 4.69) is 0 Å². The molecule has 4 bridgehead atoms. The van der Waals surface area contributed by atoms with Gasteiger partial charge in [0, 0.05) is 0 Å². The van der Waals surface area contributed by atoms with Crippen LogP contribution in [0.5, 0.6) is 0 Å². The molecule has 0 aromatic carbocycles. The van der Waals surface area contributed by atoms with Crippen molar-refractivity contribution in [2.24, 2.45) is 29.6 Å². The standard InChI is InChI=1S/C13H15F5/c14-12(15)11(13(16,17)18)10-8-2-6-1-7(4-8)5-9(10)3-6/h6-10H,1-5H2. The second kappa shape index (κ2) is 3.94. The zero-order valence-electron chi connectivity index (χ0n) is 9.81. The molecular formula is C13H15F5. The first kappa shape index (κ1) is 12.4. The molecule has 0 N–H and O–H groups in total. The van der Waals surface area contributed by atoms with Gasteiger partial charge in [-0.15, -0.1) is 0 Å². The molecule has 0 aromatic rings. The van der Waals surface area contributed by atoms with E-state index in [0.717, 1.165) is 6.42 Å². The fourth-order valence-corrected chi connectivity index (χ4v) is 4.82. The van der Waals surface area contributed by atoms with Gasteiger partial charge in [0.05, 0.1) is 0 Å². The highest BCUT2D eigenvalue weighted by Gasteiger charge is 2.55.